The third kappa shape index (κ3) is 6.73. The molecule has 0 aromatic rings. The lowest BCUT2D eigenvalue weighted by Crippen LogP contribution is -2.28. The summed E-state index contributed by atoms with van der Waals surface area (Å²) in [5.41, 5.74) is 0. The summed E-state index contributed by atoms with van der Waals surface area (Å²) in [5, 5.41) is 10.5. The first-order valence-corrected chi connectivity index (χ1v) is 3.50. The lowest BCUT2D eigenvalue weighted by molar-refractivity contribution is -0.138. The second-order valence-corrected chi connectivity index (χ2v) is 2.37. The maximum atomic E-state index is 10.7. The molecule has 0 aromatic heterocycles. The Morgan fingerprint density at radius 2 is 1.83 bits per heavy atom. The number of hydrogen-bond acceptors (Lipinski definition) is 3. The number of carboxylic acid groups (broad SMARTS) is 1. The van der Waals surface area contributed by atoms with Crippen LogP contribution in [0.2, 0.25) is 0 Å². The number of aliphatic carboxylic acids is 1. The topological polar surface area (TPSA) is 83.5 Å². The summed E-state index contributed by atoms with van der Waals surface area (Å²) in [7, 11) is 0. The van der Waals surface area contributed by atoms with Crippen molar-refractivity contribution in [2.45, 2.75) is 19.8 Å². The predicted octanol–water partition coefficient (Wildman–Crippen LogP) is -0.444. The minimum atomic E-state index is -1.02. The molecule has 0 unspecified atom stereocenters. The quantitative estimate of drug-likeness (QED) is 0.590. The molecule has 0 atom stereocenters. The van der Waals surface area contributed by atoms with Crippen LogP contribution in [0.15, 0.2) is 0 Å². The molecule has 68 valence electrons. The van der Waals surface area contributed by atoms with Gasteiger partial charge in [0, 0.05) is 6.42 Å². The normalized spacial score (nSPS) is 9.08. The molecule has 0 spiro atoms. The third-order valence-electron chi connectivity index (χ3n) is 1.10. The number of rotatable bonds is 5. The summed E-state index contributed by atoms with van der Waals surface area (Å²) in [6, 6.07) is 0. The highest BCUT2D eigenvalue weighted by Gasteiger charge is 2.04. The smallest absolute Gasteiger partial charge is 0.303 e. The van der Waals surface area contributed by atoms with Crippen LogP contribution >= 0.6 is 0 Å². The van der Waals surface area contributed by atoms with Crippen LogP contribution < -0.4 is 5.32 Å². The van der Waals surface area contributed by atoms with Gasteiger partial charge >= 0.3 is 5.97 Å². The van der Waals surface area contributed by atoms with Gasteiger partial charge in [-0.25, -0.2) is 0 Å². The zero-order chi connectivity index (χ0) is 9.56. The number of carboxylic acids is 1. The molecular weight excluding hydrogens is 162 g/mol. The highest BCUT2D eigenvalue weighted by atomic mass is 16.4. The molecule has 0 aliphatic heterocycles. The maximum Gasteiger partial charge on any atom is 0.303 e. The summed E-state index contributed by atoms with van der Waals surface area (Å²) in [4.78, 5) is 31.1. The highest BCUT2D eigenvalue weighted by Crippen LogP contribution is 1.87. The van der Waals surface area contributed by atoms with E-state index in [1.54, 1.807) is 0 Å². The molecule has 0 saturated heterocycles. The van der Waals surface area contributed by atoms with Gasteiger partial charge in [-0.1, -0.05) is 0 Å². The fraction of sp³-hybridized carbons (Fsp3) is 0.571. The van der Waals surface area contributed by atoms with Gasteiger partial charge in [-0.15, -0.1) is 0 Å². The van der Waals surface area contributed by atoms with E-state index in [-0.39, 0.29) is 25.2 Å². The van der Waals surface area contributed by atoms with E-state index < -0.39 is 11.9 Å². The average Bonchev–Trinajstić information content (AvgIpc) is 1.96. The standard InChI is InChI=1S/C7H11NO4/c1-5(9)4-8-6(10)2-3-7(11)12/h2-4H2,1H3,(H,8,10)(H,11,12). The Kier molecular flexibility index (Phi) is 4.67. The van der Waals surface area contributed by atoms with E-state index in [1.165, 1.54) is 6.92 Å². The molecule has 12 heavy (non-hydrogen) atoms. The van der Waals surface area contributed by atoms with Crippen molar-refractivity contribution in [3.8, 4) is 0 Å². The molecule has 0 rings (SSSR count). The van der Waals surface area contributed by atoms with Crippen molar-refractivity contribution in [2.24, 2.45) is 0 Å². The number of hydrogen-bond donors (Lipinski definition) is 2. The van der Waals surface area contributed by atoms with Gasteiger partial charge in [0.05, 0.1) is 13.0 Å². The minimum absolute atomic E-state index is 0.0293. The Hall–Kier alpha value is -1.39. The SMILES string of the molecule is CC(=O)CNC(=O)CCC(=O)O. The zero-order valence-corrected chi connectivity index (χ0v) is 6.79. The molecule has 0 heterocycles. The number of amides is 1. The van der Waals surface area contributed by atoms with Crippen LogP contribution in [0.25, 0.3) is 0 Å². The molecular formula is C7H11NO4. The molecule has 0 radical (unpaired) electrons. The number of nitrogens with one attached hydrogen (secondary N) is 1. The van der Waals surface area contributed by atoms with Crippen LogP contribution in [0.4, 0.5) is 0 Å². The Labute approximate surface area is 69.8 Å². The summed E-state index contributed by atoms with van der Waals surface area (Å²) in [6.45, 7) is 1.32. The Morgan fingerprint density at radius 1 is 1.25 bits per heavy atom. The highest BCUT2D eigenvalue weighted by molar-refractivity contribution is 5.85. The van der Waals surface area contributed by atoms with Crippen molar-refractivity contribution in [2.75, 3.05) is 6.54 Å². The van der Waals surface area contributed by atoms with Crippen molar-refractivity contribution < 1.29 is 19.5 Å². The van der Waals surface area contributed by atoms with Crippen molar-refractivity contribution in [1.82, 2.24) is 5.32 Å². The Bertz CT molecular complexity index is 180. The van der Waals surface area contributed by atoms with Gasteiger partial charge in [0.2, 0.25) is 5.91 Å². The first kappa shape index (κ1) is 10.6. The van der Waals surface area contributed by atoms with E-state index in [2.05, 4.69) is 5.32 Å². The molecule has 0 aliphatic carbocycles. The Balaban J connectivity index is 3.47. The molecule has 0 aliphatic rings. The fourth-order valence-electron chi connectivity index (χ4n) is 0.532. The number of Topliss-reactive ketones (excluding diaryl/α,β-unsaturated/α-hetero) is 1. The van der Waals surface area contributed by atoms with Gasteiger partial charge in [-0.05, 0) is 6.92 Å². The van der Waals surface area contributed by atoms with Gasteiger partial charge in [0.25, 0.3) is 0 Å². The second kappa shape index (κ2) is 5.29. The largest absolute Gasteiger partial charge is 0.481 e. The molecule has 1 amide bonds. The first-order valence-electron chi connectivity index (χ1n) is 3.50. The molecule has 0 aromatic carbocycles. The third-order valence-corrected chi connectivity index (χ3v) is 1.10. The van der Waals surface area contributed by atoms with Crippen LogP contribution in [0.5, 0.6) is 0 Å². The predicted molar refractivity (Wildman–Crippen MR) is 40.6 cm³/mol. The lowest BCUT2D eigenvalue weighted by Gasteiger charge is -1.99. The van der Waals surface area contributed by atoms with Gasteiger partial charge in [-0.2, -0.15) is 0 Å². The van der Waals surface area contributed by atoms with Gasteiger partial charge in [0.15, 0.2) is 0 Å². The van der Waals surface area contributed by atoms with Crippen molar-refractivity contribution in [3.63, 3.8) is 0 Å². The number of carbonyl (C=O) groups is 3. The first-order chi connectivity index (χ1) is 5.52. The van der Waals surface area contributed by atoms with Crippen LogP contribution in [-0.4, -0.2) is 29.3 Å². The van der Waals surface area contributed by atoms with E-state index in [4.69, 9.17) is 5.11 Å². The second-order valence-electron chi connectivity index (χ2n) is 2.37. The van der Waals surface area contributed by atoms with Gasteiger partial charge in [-0.3, -0.25) is 14.4 Å². The summed E-state index contributed by atoms with van der Waals surface area (Å²) in [5.74, 6) is -1.58. The summed E-state index contributed by atoms with van der Waals surface area (Å²) >= 11 is 0. The molecule has 0 saturated carbocycles. The molecule has 0 bridgehead atoms. The van der Waals surface area contributed by atoms with E-state index in [0.717, 1.165) is 0 Å². The van der Waals surface area contributed by atoms with Crippen molar-refractivity contribution in [1.29, 1.82) is 0 Å². The van der Waals surface area contributed by atoms with Crippen LogP contribution in [0.1, 0.15) is 19.8 Å². The Morgan fingerprint density at radius 3 is 2.25 bits per heavy atom. The van der Waals surface area contributed by atoms with Crippen molar-refractivity contribution in [3.05, 3.63) is 0 Å². The van der Waals surface area contributed by atoms with E-state index in [9.17, 15) is 14.4 Å². The molecule has 2 N–H and O–H groups in total. The van der Waals surface area contributed by atoms with Crippen LogP contribution in [0.3, 0.4) is 0 Å². The molecule has 5 heteroatoms. The van der Waals surface area contributed by atoms with Crippen molar-refractivity contribution >= 4 is 17.7 Å². The zero-order valence-electron chi connectivity index (χ0n) is 6.79. The summed E-state index contributed by atoms with van der Waals surface area (Å²) in [6.07, 6.45) is -0.285. The molecule has 0 fully saturated rings. The fourth-order valence-corrected chi connectivity index (χ4v) is 0.532. The van der Waals surface area contributed by atoms with E-state index >= 15 is 0 Å². The minimum Gasteiger partial charge on any atom is -0.481 e. The monoisotopic (exact) mass is 173 g/mol. The van der Waals surface area contributed by atoms with Crippen LogP contribution in [-0.2, 0) is 14.4 Å². The number of ketones is 1. The van der Waals surface area contributed by atoms with E-state index in [0.29, 0.717) is 0 Å². The average molecular weight is 173 g/mol. The van der Waals surface area contributed by atoms with Gasteiger partial charge in [0.1, 0.15) is 5.78 Å². The van der Waals surface area contributed by atoms with Crippen LogP contribution in [0, 0.1) is 0 Å². The molecule has 5 nitrogen and oxygen atoms in total. The van der Waals surface area contributed by atoms with E-state index in [1.807, 2.05) is 0 Å². The lowest BCUT2D eigenvalue weighted by atomic mass is 10.3. The number of carbonyl (C=O) groups excluding carboxylic acids is 2. The maximum absolute atomic E-state index is 10.7. The van der Waals surface area contributed by atoms with Gasteiger partial charge < -0.3 is 10.4 Å². The summed E-state index contributed by atoms with van der Waals surface area (Å²) < 4.78 is 0.